The van der Waals surface area contributed by atoms with Gasteiger partial charge in [-0.2, -0.15) is 5.26 Å². The van der Waals surface area contributed by atoms with Gasteiger partial charge >= 0.3 is 0 Å². The Morgan fingerprint density at radius 3 is 2.31 bits per heavy atom. The van der Waals surface area contributed by atoms with E-state index in [0.717, 1.165) is 24.1 Å². The average Bonchev–Trinajstić information content (AvgIpc) is 2.38. The van der Waals surface area contributed by atoms with E-state index in [-0.39, 0.29) is 5.54 Å². The Morgan fingerprint density at radius 2 is 1.94 bits per heavy atom. The highest BCUT2D eigenvalue weighted by Gasteiger charge is 2.26. The molecule has 0 amide bonds. The van der Waals surface area contributed by atoms with Gasteiger partial charge in [0.1, 0.15) is 11.9 Å². The summed E-state index contributed by atoms with van der Waals surface area (Å²) in [5, 5.41) is 9.09. The Bertz CT molecular complexity index is 433. The number of hydrogen-bond donors (Lipinski definition) is 1. The van der Waals surface area contributed by atoms with Crippen LogP contribution in [0.4, 0.5) is 5.82 Å². The maximum atomic E-state index is 9.09. The highest BCUT2D eigenvalue weighted by molar-refractivity contribution is 5.58. The molecule has 0 bridgehead atoms. The zero-order valence-corrected chi connectivity index (χ0v) is 10.9. The monoisotopic (exact) mass is 219 g/mol. The molecule has 1 aromatic rings. The lowest BCUT2D eigenvalue weighted by Crippen LogP contribution is -2.28. The molecule has 3 heteroatoms. The first-order valence-corrected chi connectivity index (χ1v) is 5.74. The zero-order chi connectivity index (χ0) is 12.5. The summed E-state index contributed by atoms with van der Waals surface area (Å²) in [6.07, 6.45) is 2.15. The van der Waals surface area contributed by atoms with E-state index in [1.54, 1.807) is 0 Å². The van der Waals surface area contributed by atoms with Crippen LogP contribution in [-0.2, 0) is 5.54 Å². The molecule has 0 spiro atoms. The van der Waals surface area contributed by atoms with Crippen LogP contribution < -0.4 is 5.73 Å². The van der Waals surface area contributed by atoms with E-state index in [1.165, 1.54) is 0 Å². The molecule has 2 N–H and O–H groups in total. The maximum Gasteiger partial charge on any atom is 0.122 e. The second-order valence-electron chi connectivity index (χ2n) is 4.98. The van der Waals surface area contributed by atoms with Gasteiger partial charge < -0.3 is 10.3 Å². The average molecular weight is 219 g/mol. The SMILES string of the molecule is CCCC(C)(C)n1c(C)c(C)c(C#N)c1N. The van der Waals surface area contributed by atoms with Crippen molar-refractivity contribution in [3.8, 4) is 6.07 Å². The van der Waals surface area contributed by atoms with Crippen LogP contribution in [0.3, 0.4) is 0 Å². The van der Waals surface area contributed by atoms with Gasteiger partial charge in [0.15, 0.2) is 0 Å². The lowest BCUT2D eigenvalue weighted by atomic mass is 9.98. The van der Waals surface area contributed by atoms with E-state index in [4.69, 9.17) is 11.0 Å². The summed E-state index contributed by atoms with van der Waals surface area (Å²) in [5.41, 5.74) is 8.78. The number of hydrogen-bond acceptors (Lipinski definition) is 2. The third kappa shape index (κ3) is 1.80. The summed E-state index contributed by atoms with van der Waals surface area (Å²) in [5.74, 6) is 0.607. The van der Waals surface area contributed by atoms with Crippen molar-refractivity contribution in [1.82, 2.24) is 4.57 Å². The molecule has 1 heterocycles. The molecule has 0 saturated heterocycles. The van der Waals surface area contributed by atoms with E-state index in [1.807, 2.05) is 13.8 Å². The van der Waals surface area contributed by atoms with Crippen molar-refractivity contribution in [3.63, 3.8) is 0 Å². The minimum Gasteiger partial charge on any atom is -0.384 e. The van der Waals surface area contributed by atoms with Gasteiger partial charge in [0.05, 0.1) is 5.56 Å². The molecule has 1 aromatic heterocycles. The van der Waals surface area contributed by atoms with E-state index in [0.29, 0.717) is 11.4 Å². The van der Waals surface area contributed by atoms with Gasteiger partial charge in [0.2, 0.25) is 0 Å². The zero-order valence-electron chi connectivity index (χ0n) is 10.9. The van der Waals surface area contributed by atoms with Crippen molar-refractivity contribution in [1.29, 1.82) is 5.26 Å². The molecular weight excluding hydrogens is 198 g/mol. The predicted molar refractivity (Wildman–Crippen MR) is 67.3 cm³/mol. The number of rotatable bonds is 3. The summed E-state index contributed by atoms with van der Waals surface area (Å²) in [6, 6.07) is 2.19. The molecule has 0 saturated carbocycles. The van der Waals surface area contributed by atoms with Gasteiger partial charge in [0.25, 0.3) is 0 Å². The Morgan fingerprint density at radius 1 is 1.38 bits per heavy atom. The summed E-state index contributed by atoms with van der Waals surface area (Å²) in [6.45, 7) is 10.5. The molecule has 88 valence electrons. The molecule has 0 aliphatic rings. The minimum atomic E-state index is -0.0250. The fraction of sp³-hybridized carbons (Fsp3) is 0.615. The van der Waals surface area contributed by atoms with Crippen molar-refractivity contribution in [3.05, 3.63) is 16.8 Å². The van der Waals surface area contributed by atoms with E-state index < -0.39 is 0 Å². The molecule has 0 atom stereocenters. The lowest BCUT2D eigenvalue weighted by molar-refractivity contribution is 0.324. The number of nitrogens with two attached hydrogens (primary N) is 1. The summed E-state index contributed by atoms with van der Waals surface area (Å²) in [7, 11) is 0. The maximum absolute atomic E-state index is 9.09. The Labute approximate surface area is 97.9 Å². The van der Waals surface area contributed by atoms with Crippen molar-refractivity contribution < 1.29 is 0 Å². The number of aromatic nitrogens is 1. The smallest absolute Gasteiger partial charge is 0.122 e. The highest BCUT2D eigenvalue weighted by Crippen LogP contribution is 2.32. The lowest BCUT2D eigenvalue weighted by Gasteiger charge is -2.29. The molecule has 1 rings (SSSR count). The molecule has 0 aromatic carbocycles. The fourth-order valence-electron chi connectivity index (χ4n) is 2.48. The quantitative estimate of drug-likeness (QED) is 0.849. The van der Waals surface area contributed by atoms with Crippen molar-refractivity contribution in [2.75, 3.05) is 5.73 Å². The van der Waals surface area contributed by atoms with Gasteiger partial charge in [-0.1, -0.05) is 13.3 Å². The molecule has 0 aliphatic carbocycles. The largest absolute Gasteiger partial charge is 0.384 e. The molecule has 0 unspecified atom stereocenters. The van der Waals surface area contributed by atoms with Crippen LogP contribution >= 0.6 is 0 Å². The Kier molecular flexibility index (Phi) is 3.32. The van der Waals surface area contributed by atoms with Crippen LogP contribution in [0.5, 0.6) is 0 Å². The van der Waals surface area contributed by atoms with Gasteiger partial charge in [-0.25, -0.2) is 0 Å². The van der Waals surface area contributed by atoms with Crippen molar-refractivity contribution >= 4 is 5.82 Å². The number of nitriles is 1. The fourth-order valence-corrected chi connectivity index (χ4v) is 2.48. The van der Waals surface area contributed by atoms with Crippen LogP contribution in [0, 0.1) is 25.2 Å². The first-order valence-electron chi connectivity index (χ1n) is 5.74. The molecule has 16 heavy (non-hydrogen) atoms. The minimum absolute atomic E-state index is 0.0250. The van der Waals surface area contributed by atoms with Crippen LogP contribution in [-0.4, -0.2) is 4.57 Å². The number of anilines is 1. The highest BCUT2D eigenvalue weighted by atomic mass is 15.1. The molecule has 0 fully saturated rings. The van der Waals surface area contributed by atoms with Gasteiger partial charge in [0, 0.05) is 11.2 Å². The van der Waals surface area contributed by atoms with Crippen LogP contribution in [0.15, 0.2) is 0 Å². The van der Waals surface area contributed by atoms with Crippen molar-refractivity contribution in [2.24, 2.45) is 0 Å². The van der Waals surface area contributed by atoms with E-state index in [9.17, 15) is 0 Å². The second kappa shape index (κ2) is 4.21. The van der Waals surface area contributed by atoms with E-state index in [2.05, 4.69) is 31.4 Å². The summed E-state index contributed by atoms with van der Waals surface area (Å²) < 4.78 is 2.10. The molecule has 3 nitrogen and oxygen atoms in total. The van der Waals surface area contributed by atoms with E-state index >= 15 is 0 Å². The molecule has 0 aliphatic heterocycles. The first kappa shape index (κ1) is 12.6. The topological polar surface area (TPSA) is 54.7 Å². The molecular formula is C13H21N3. The number of nitrogen functional groups attached to an aromatic ring is 1. The van der Waals surface area contributed by atoms with Crippen LogP contribution in [0.2, 0.25) is 0 Å². The van der Waals surface area contributed by atoms with Gasteiger partial charge in [-0.05, 0) is 39.7 Å². The standard InChI is InChI=1S/C13H21N3/c1-6-7-13(4,5)16-10(3)9(2)11(8-14)12(16)15/h6-7,15H2,1-5H3. The van der Waals surface area contributed by atoms with Crippen LogP contribution in [0.1, 0.15) is 50.4 Å². The summed E-state index contributed by atoms with van der Waals surface area (Å²) >= 11 is 0. The first-order chi connectivity index (χ1) is 7.36. The van der Waals surface area contributed by atoms with Crippen LogP contribution in [0.25, 0.3) is 0 Å². The third-order valence-electron chi connectivity index (χ3n) is 3.33. The second-order valence-corrected chi connectivity index (χ2v) is 4.98. The Hall–Kier alpha value is -1.43. The Balaban J connectivity index is 3.41. The van der Waals surface area contributed by atoms with Crippen molar-refractivity contribution in [2.45, 2.75) is 53.0 Å². The predicted octanol–water partition coefficient (Wildman–Crippen LogP) is 3.09. The summed E-state index contributed by atoms with van der Waals surface area (Å²) in [4.78, 5) is 0. The van der Waals surface area contributed by atoms with Gasteiger partial charge in [-0.15, -0.1) is 0 Å². The molecule has 0 radical (unpaired) electrons. The normalized spacial score (nSPS) is 11.5. The van der Waals surface area contributed by atoms with Gasteiger partial charge in [-0.3, -0.25) is 0 Å². The number of nitrogens with zero attached hydrogens (tertiary/aromatic N) is 2. The third-order valence-corrected chi connectivity index (χ3v) is 3.33.